The maximum absolute atomic E-state index is 12.0. The van der Waals surface area contributed by atoms with Gasteiger partial charge in [0.25, 0.3) is 5.91 Å². The molecule has 1 aliphatic rings. The zero-order chi connectivity index (χ0) is 19.4. The number of carbonyl (C=O) groups excluding carboxylic acids is 1. The van der Waals surface area contributed by atoms with Crippen LogP contribution in [0.1, 0.15) is 54.3 Å². The molecule has 0 atom stereocenters. The molecule has 1 aromatic heterocycles. The van der Waals surface area contributed by atoms with Crippen LogP contribution in [0.5, 0.6) is 5.75 Å². The lowest BCUT2D eigenvalue weighted by atomic mass is 10.0. The van der Waals surface area contributed by atoms with Crippen LogP contribution >= 0.6 is 0 Å². The van der Waals surface area contributed by atoms with Crippen molar-refractivity contribution in [3.8, 4) is 5.75 Å². The van der Waals surface area contributed by atoms with Crippen LogP contribution < -0.4 is 10.1 Å². The van der Waals surface area contributed by atoms with Crippen molar-refractivity contribution in [1.29, 1.82) is 0 Å². The molecule has 0 spiro atoms. The highest BCUT2D eigenvalue weighted by Gasteiger charge is 2.23. The van der Waals surface area contributed by atoms with Gasteiger partial charge in [0.2, 0.25) is 0 Å². The summed E-state index contributed by atoms with van der Waals surface area (Å²) in [6, 6.07) is 6.76. The summed E-state index contributed by atoms with van der Waals surface area (Å²) in [6.45, 7) is 8.89. The van der Waals surface area contributed by atoms with Crippen molar-refractivity contribution >= 4 is 5.91 Å². The van der Waals surface area contributed by atoms with Crippen LogP contribution in [-0.2, 0) is 6.54 Å². The molecule has 146 valence electrons. The van der Waals surface area contributed by atoms with Crippen molar-refractivity contribution < 1.29 is 9.53 Å². The van der Waals surface area contributed by atoms with Crippen molar-refractivity contribution in [1.82, 2.24) is 25.2 Å². The third kappa shape index (κ3) is 4.86. The third-order valence-corrected chi connectivity index (χ3v) is 4.96. The molecule has 7 nitrogen and oxygen atoms in total. The molecule has 1 N–H and O–H groups in total. The predicted octanol–water partition coefficient (Wildman–Crippen LogP) is 2.57. The highest BCUT2D eigenvalue weighted by atomic mass is 16.5. The molecule has 0 aliphatic carbocycles. The Morgan fingerprint density at radius 3 is 2.70 bits per heavy atom. The minimum absolute atomic E-state index is 0.0903. The van der Waals surface area contributed by atoms with Crippen LogP contribution in [0.15, 0.2) is 24.4 Å². The summed E-state index contributed by atoms with van der Waals surface area (Å²) in [5.41, 5.74) is 2.86. The summed E-state index contributed by atoms with van der Waals surface area (Å²) < 4.78 is 7.19. The number of carbonyl (C=O) groups is 1. The number of aromatic nitrogens is 3. The Balaban J connectivity index is 1.54. The number of hydrogen-bond donors (Lipinski definition) is 1. The minimum atomic E-state index is -0.163. The van der Waals surface area contributed by atoms with Gasteiger partial charge >= 0.3 is 0 Å². The van der Waals surface area contributed by atoms with Gasteiger partial charge in [-0.2, -0.15) is 0 Å². The fourth-order valence-electron chi connectivity index (χ4n) is 3.53. The molecule has 27 heavy (non-hydrogen) atoms. The lowest BCUT2D eigenvalue weighted by molar-refractivity contribution is 0.0938. The molecule has 0 bridgehead atoms. The first kappa shape index (κ1) is 19.4. The third-order valence-electron chi connectivity index (χ3n) is 4.96. The van der Waals surface area contributed by atoms with Gasteiger partial charge in [-0.1, -0.05) is 17.3 Å². The number of nitrogens with zero attached hydrogens (tertiary/aromatic N) is 4. The summed E-state index contributed by atoms with van der Waals surface area (Å²) in [6.07, 6.45) is 3.78. The smallest absolute Gasteiger partial charge is 0.273 e. The second-order valence-electron chi connectivity index (χ2n) is 7.52. The Kier molecular flexibility index (Phi) is 6.11. The average molecular weight is 371 g/mol. The molecular formula is C20H29N5O2. The number of nitrogens with one attached hydrogen (secondary N) is 1. The number of aryl methyl sites for hydroxylation is 1. The Bertz CT molecular complexity index is 778. The number of ether oxygens (including phenoxy) is 1. The number of piperidine rings is 1. The summed E-state index contributed by atoms with van der Waals surface area (Å²) in [7, 11) is 1.70. The molecule has 0 unspecified atom stereocenters. The Morgan fingerprint density at radius 1 is 1.33 bits per heavy atom. The minimum Gasteiger partial charge on any atom is -0.496 e. The van der Waals surface area contributed by atoms with Gasteiger partial charge in [0.05, 0.1) is 19.3 Å². The first-order chi connectivity index (χ1) is 13.0. The van der Waals surface area contributed by atoms with Crippen molar-refractivity contribution in [2.75, 3.05) is 20.2 Å². The second-order valence-corrected chi connectivity index (χ2v) is 7.52. The molecule has 1 aliphatic heterocycles. The van der Waals surface area contributed by atoms with E-state index < -0.39 is 0 Å². The van der Waals surface area contributed by atoms with Gasteiger partial charge in [-0.05, 0) is 50.8 Å². The molecule has 1 amide bonds. The Labute approximate surface area is 160 Å². The van der Waals surface area contributed by atoms with Gasteiger partial charge in [0.15, 0.2) is 5.69 Å². The molecule has 1 fully saturated rings. The monoisotopic (exact) mass is 371 g/mol. The molecule has 0 saturated carbocycles. The van der Waals surface area contributed by atoms with Gasteiger partial charge in [-0.3, -0.25) is 9.69 Å². The van der Waals surface area contributed by atoms with Crippen molar-refractivity contribution in [2.24, 2.45) is 0 Å². The molecule has 0 radical (unpaired) electrons. The van der Waals surface area contributed by atoms with E-state index in [0.29, 0.717) is 11.7 Å². The van der Waals surface area contributed by atoms with Crippen LogP contribution in [0.2, 0.25) is 0 Å². The zero-order valence-corrected chi connectivity index (χ0v) is 16.6. The van der Waals surface area contributed by atoms with Gasteiger partial charge in [0.1, 0.15) is 5.75 Å². The van der Waals surface area contributed by atoms with Crippen LogP contribution in [0, 0.1) is 6.92 Å². The van der Waals surface area contributed by atoms with Crippen molar-refractivity contribution in [2.45, 2.75) is 52.2 Å². The van der Waals surface area contributed by atoms with Gasteiger partial charge in [-0.15, -0.1) is 5.10 Å². The summed E-state index contributed by atoms with van der Waals surface area (Å²) in [4.78, 5) is 14.5. The molecule has 7 heteroatoms. The van der Waals surface area contributed by atoms with Gasteiger partial charge in [0, 0.05) is 25.7 Å². The van der Waals surface area contributed by atoms with Crippen LogP contribution in [0.25, 0.3) is 0 Å². The SMILES string of the molecule is COc1ccc(CN2CCC(n3cc(C(=O)NC(C)C)nn3)CC2)cc1C. The maximum atomic E-state index is 12.0. The van der Waals surface area contributed by atoms with E-state index in [0.717, 1.165) is 38.2 Å². The van der Waals surface area contributed by atoms with Crippen molar-refractivity contribution in [3.63, 3.8) is 0 Å². The lowest BCUT2D eigenvalue weighted by Crippen LogP contribution is -2.34. The van der Waals surface area contributed by atoms with E-state index in [-0.39, 0.29) is 11.9 Å². The first-order valence-electron chi connectivity index (χ1n) is 9.55. The average Bonchev–Trinajstić information content (AvgIpc) is 3.12. The van der Waals surface area contributed by atoms with E-state index in [1.54, 1.807) is 13.3 Å². The normalized spacial score (nSPS) is 15.9. The number of likely N-dealkylation sites (tertiary alicyclic amines) is 1. The van der Waals surface area contributed by atoms with E-state index in [1.807, 2.05) is 24.6 Å². The number of hydrogen-bond acceptors (Lipinski definition) is 5. The molecule has 1 saturated heterocycles. The number of amides is 1. The van der Waals surface area contributed by atoms with Crippen LogP contribution in [-0.4, -0.2) is 52.0 Å². The van der Waals surface area contributed by atoms with E-state index >= 15 is 0 Å². The fraction of sp³-hybridized carbons (Fsp3) is 0.550. The van der Waals surface area contributed by atoms with E-state index in [9.17, 15) is 4.79 Å². The topological polar surface area (TPSA) is 72.3 Å². The maximum Gasteiger partial charge on any atom is 0.273 e. The standard InChI is InChI=1S/C20H29N5O2/c1-14(2)21-20(26)18-13-25(23-22-18)17-7-9-24(10-8-17)12-16-5-6-19(27-4)15(3)11-16/h5-6,11,13-14,17H,7-10,12H2,1-4H3,(H,21,26). The zero-order valence-electron chi connectivity index (χ0n) is 16.6. The van der Waals surface area contributed by atoms with E-state index in [4.69, 9.17) is 4.74 Å². The number of rotatable bonds is 6. The second kappa shape index (κ2) is 8.52. The fourth-order valence-corrected chi connectivity index (χ4v) is 3.53. The Hall–Kier alpha value is -2.41. The first-order valence-corrected chi connectivity index (χ1v) is 9.55. The largest absolute Gasteiger partial charge is 0.496 e. The molecule has 1 aromatic carbocycles. The summed E-state index contributed by atoms with van der Waals surface area (Å²) >= 11 is 0. The van der Waals surface area contributed by atoms with E-state index in [1.165, 1.54) is 11.1 Å². The number of benzene rings is 1. The quantitative estimate of drug-likeness (QED) is 0.845. The van der Waals surface area contributed by atoms with Gasteiger partial charge in [-0.25, -0.2) is 4.68 Å². The summed E-state index contributed by atoms with van der Waals surface area (Å²) in [5, 5.41) is 11.1. The lowest BCUT2D eigenvalue weighted by Gasteiger charge is -2.31. The summed E-state index contributed by atoms with van der Waals surface area (Å²) in [5.74, 6) is 0.768. The molecule has 3 rings (SSSR count). The van der Waals surface area contributed by atoms with E-state index in [2.05, 4.69) is 39.6 Å². The van der Waals surface area contributed by atoms with Crippen LogP contribution in [0.4, 0.5) is 0 Å². The number of methoxy groups -OCH3 is 1. The highest BCUT2D eigenvalue weighted by molar-refractivity contribution is 5.91. The van der Waals surface area contributed by atoms with Crippen LogP contribution in [0.3, 0.4) is 0 Å². The van der Waals surface area contributed by atoms with Gasteiger partial charge < -0.3 is 10.1 Å². The van der Waals surface area contributed by atoms with Crippen molar-refractivity contribution in [3.05, 3.63) is 41.2 Å². The Morgan fingerprint density at radius 2 is 2.07 bits per heavy atom. The molecule has 2 aromatic rings. The highest BCUT2D eigenvalue weighted by Crippen LogP contribution is 2.24. The molecular weight excluding hydrogens is 342 g/mol. The molecule has 2 heterocycles. The predicted molar refractivity (Wildman–Crippen MR) is 104 cm³/mol.